The summed E-state index contributed by atoms with van der Waals surface area (Å²) in [4.78, 5) is 7.89. The molecule has 1 aliphatic heterocycles. The van der Waals surface area contributed by atoms with Gasteiger partial charge in [-0.25, -0.2) is 9.99 Å². The molecule has 158 valence electrons. The lowest BCUT2D eigenvalue weighted by Gasteiger charge is -2.33. The minimum atomic E-state index is -0.435. The molecule has 0 fully saturated rings. The van der Waals surface area contributed by atoms with E-state index in [2.05, 4.69) is 9.97 Å². The Kier molecular flexibility index (Phi) is 5.49. The third kappa shape index (κ3) is 4.03. The average molecular weight is 462 g/mol. The van der Waals surface area contributed by atoms with Crippen LogP contribution < -0.4 is 15.5 Å². The second-order valence-electron chi connectivity index (χ2n) is 7.09. The molecule has 1 aromatic heterocycles. The minimum Gasteiger partial charge on any atom is -0.439 e. The summed E-state index contributed by atoms with van der Waals surface area (Å²) in [6.45, 7) is 0. The molecule has 2 N–H and O–H groups in total. The van der Waals surface area contributed by atoms with Crippen LogP contribution in [-0.2, 0) is 0 Å². The highest BCUT2D eigenvalue weighted by Gasteiger charge is 2.27. The van der Waals surface area contributed by atoms with Crippen LogP contribution in [0.5, 0.6) is 11.6 Å². The monoisotopic (exact) mass is 461 g/mol. The first kappa shape index (κ1) is 20.5. The second-order valence-corrected chi connectivity index (χ2v) is 7.87. The Balaban J connectivity index is 1.49. The first-order chi connectivity index (χ1) is 15.6. The van der Waals surface area contributed by atoms with Crippen molar-refractivity contribution in [1.29, 1.82) is 0 Å². The fraction of sp³-hybridized carbons (Fsp3) is 0.0417. The molecule has 0 bridgehead atoms. The van der Waals surface area contributed by atoms with Crippen LogP contribution in [0.3, 0.4) is 0 Å². The van der Waals surface area contributed by atoms with Gasteiger partial charge in [0.1, 0.15) is 11.9 Å². The second kappa shape index (κ2) is 8.59. The van der Waals surface area contributed by atoms with Gasteiger partial charge in [0.15, 0.2) is 0 Å². The number of benzene rings is 3. The van der Waals surface area contributed by atoms with Crippen molar-refractivity contribution in [2.45, 2.75) is 6.17 Å². The van der Waals surface area contributed by atoms with Crippen molar-refractivity contribution < 1.29 is 4.74 Å². The third-order valence-electron chi connectivity index (χ3n) is 5.05. The number of nitrogens with zero attached hydrogens (tertiary/aromatic N) is 4. The molecule has 2 heterocycles. The Morgan fingerprint density at radius 3 is 2.38 bits per heavy atom. The highest BCUT2D eigenvalue weighted by molar-refractivity contribution is 6.30. The molecule has 4 aromatic rings. The SMILES string of the molecule is NC1c2ccccc2C(c2ccc(Cl)cc2)=NN1c1ccc(Oc2ccnc(Cl)n2)cc1. The summed E-state index contributed by atoms with van der Waals surface area (Å²) < 4.78 is 5.75. The van der Waals surface area contributed by atoms with Gasteiger partial charge in [-0.2, -0.15) is 10.1 Å². The molecule has 1 unspecified atom stereocenters. The van der Waals surface area contributed by atoms with Crippen LogP contribution in [0.2, 0.25) is 10.3 Å². The number of halogens is 2. The van der Waals surface area contributed by atoms with Crippen LogP contribution in [0.15, 0.2) is 90.2 Å². The lowest BCUT2D eigenvalue weighted by atomic mass is 9.94. The van der Waals surface area contributed by atoms with Crippen molar-refractivity contribution in [3.8, 4) is 11.6 Å². The van der Waals surface area contributed by atoms with Gasteiger partial charge in [-0.1, -0.05) is 48.0 Å². The topological polar surface area (TPSA) is 76.6 Å². The van der Waals surface area contributed by atoms with Crippen molar-refractivity contribution in [2.75, 3.05) is 5.01 Å². The largest absolute Gasteiger partial charge is 0.439 e. The Hall–Kier alpha value is -3.45. The van der Waals surface area contributed by atoms with Gasteiger partial charge in [0, 0.05) is 34.0 Å². The van der Waals surface area contributed by atoms with E-state index in [1.165, 1.54) is 6.20 Å². The molecule has 0 saturated carbocycles. The fourth-order valence-electron chi connectivity index (χ4n) is 3.53. The van der Waals surface area contributed by atoms with E-state index in [1.54, 1.807) is 11.1 Å². The molecule has 0 amide bonds. The third-order valence-corrected chi connectivity index (χ3v) is 5.48. The Labute approximate surface area is 194 Å². The lowest BCUT2D eigenvalue weighted by Crippen LogP contribution is -2.36. The van der Waals surface area contributed by atoms with Crippen molar-refractivity contribution in [1.82, 2.24) is 9.97 Å². The van der Waals surface area contributed by atoms with Crippen molar-refractivity contribution in [2.24, 2.45) is 10.8 Å². The summed E-state index contributed by atoms with van der Waals surface area (Å²) in [5, 5.41) is 7.51. The predicted molar refractivity (Wildman–Crippen MR) is 126 cm³/mol. The standard InChI is InChI=1S/C24H17Cl2N5O/c25-16-7-5-15(6-8-16)22-19-3-1-2-4-20(19)23(27)31(30-22)17-9-11-18(12-10-17)32-21-13-14-28-24(26)29-21/h1-14,23H,27H2. The summed E-state index contributed by atoms with van der Waals surface area (Å²) in [7, 11) is 0. The van der Waals surface area contributed by atoms with Gasteiger partial charge in [-0.05, 0) is 48.0 Å². The first-order valence-electron chi connectivity index (χ1n) is 9.83. The number of nitrogens with two attached hydrogens (primary N) is 1. The van der Waals surface area contributed by atoms with E-state index in [9.17, 15) is 0 Å². The number of rotatable bonds is 4. The molecule has 1 aliphatic rings. The van der Waals surface area contributed by atoms with Crippen LogP contribution >= 0.6 is 23.2 Å². The van der Waals surface area contributed by atoms with Gasteiger partial charge < -0.3 is 10.5 Å². The van der Waals surface area contributed by atoms with Crippen LogP contribution in [0.1, 0.15) is 22.9 Å². The molecule has 3 aromatic carbocycles. The smallest absolute Gasteiger partial charge is 0.225 e. The molecule has 0 spiro atoms. The molecule has 1 atom stereocenters. The number of aromatic nitrogens is 2. The van der Waals surface area contributed by atoms with E-state index in [4.69, 9.17) is 38.8 Å². The van der Waals surface area contributed by atoms with Crippen LogP contribution in [-0.4, -0.2) is 15.7 Å². The molecule has 6 nitrogen and oxygen atoms in total. The van der Waals surface area contributed by atoms with E-state index < -0.39 is 6.17 Å². The van der Waals surface area contributed by atoms with Crippen molar-refractivity contribution in [3.05, 3.63) is 112 Å². The molecule has 0 aliphatic carbocycles. The molecule has 0 radical (unpaired) electrons. The Bertz CT molecular complexity index is 1290. The zero-order chi connectivity index (χ0) is 22.1. The highest BCUT2D eigenvalue weighted by atomic mass is 35.5. The molecular weight excluding hydrogens is 445 g/mol. The van der Waals surface area contributed by atoms with Gasteiger partial charge in [0.2, 0.25) is 11.2 Å². The number of fused-ring (bicyclic) bond motifs is 1. The van der Waals surface area contributed by atoms with E-state index in [1.807, 2.05) is 72.8 Å². The summed E-state index contributed by atoms with van der Waals surface area (Å²) in [5.41, 5.74) is 11.2. The predicted octanol–water partition coefficient (Wildman–Crippen LogP) is 5.81. The van der Waals surface area contributed by atoms with E-state index in [0.29, 0.717) is 16.7 Å². The summed E-state index contributed by atoms with van der Waals surface area (Å²) in [5.74, 6) is 0.973. The van der Waals surface area contributed by atoms with Crippen LogP contribution in [0.25, 0.3) is 0 Å². The Morgan fingerprint density at radius 2 is 1.62 bits per heavy atom. The van der Waals surface area contributed by atoms with Crippen molar-refractivity contribution >= 4 is 34.6 Å². The fourth-order valence-corrected chi connectivity index (χ4v) is 3.80. The van der Waals surface area contributed by atoms with E-state index in [0.717, 1.165) is 28.1 Å². The zero-order valence-corrected chi connectivity index (χ0v) is 18.2. The lowest BCUT2D eigenvalue weighted by molar-refractivity contribution is 0.461. The van der Waals surface area contributed by atoms with E-state index >= 15 is 0 Å². The first-order valence-corrected chi connectivity index (χ1v) is 10.6. The van der Waals surface area contributed by atoms with Gasteiger partial charge in [-0.15, -0.1) is 0 Å². The Morgan fingerprint density at radius 1 is 0.875 bits per heavy atom. The van der Waals surface area contributed by atoms with E-state index in [-0.39, 0.29) is 5.28 Å². The molecule has 0 saturated heterocycles. The maximum Gasteiger partial charge on any atom is 0.225 e. The summed E-state index contributed by atoms with van der Waals surface area (Å²) in [6, 6.07) is 24.7. The maximum absolute atomic E-state index is 6.60. The number of hydrogen-bond donors (Lipinski definition) is 1. The number of hydrazone groups is 1. The molecule has 32 heavy (non-hydrogen) atoms. The molecule has 8 heteroatoms. The van der Waals surface area contributed by atoms with Crippen LogP contribution in [0.4, 0.5) is 5.69 Å². The number of anilines is 1. The minimum absolute atomic E-state index is 0.126. The molecule has 5 rings (SSSR count). The van der Waals surface area contributed by atoms with Gasteiger partial charge in [0.25, 0.3) is 0 Å². The average Bonchev–Trinajstić information content (AvgIpc) is 2.81. The molecular formula is C24H17Cl2N5O. The quantitative estimate of drug-likeness (QED) is 0.388. The van der Waals surface area contributed by atoms with Gasteiger partial charge in [-0.3, -0.25) is 0 Å². The van der Waals surface area contributed by atoms with Crippen molar-refractivity contribution in [3.63, 3.8) is 0 Å². The summed E-state index contributed by atoms with van der Waals surface area (Å²) in [6.07, 6.45) is 1.10. The maximum atomic E-state index is 6.60. The van der Waals surface area contributed by atoms with Gasteiger partial charge in [0.05, 0.1) is 11.4 Å². The normalized spacial score (nSPS) is 15.2. The summed E-state index contributed by atoms with van der Waals surface area (Å²) >= 11 is 11.9. The number of hydrogen-bond acceptors (Lipinski definition) is 6. The van der Waals surface area contributed by atoms with Gasteiger partial charge >= 0.3 is 0 Å². The number of ether oxygens (including phenoxy) is 1. The highest BCUT2D eigenvalue weighted by Crippen LogP contribution is 2.34. The zero-order valence-electron chi connectivity index (χ0n) is 16.7. The van der Waals surface area contributed by atoms with Crippen LogP contribution in [0, 0.1) is 0 Å².